The van der Waals surface area contributed by atoms with Crippen LogP contribution in [-0.4, -0.2) is 34.2 Å². The van der Waals surface area contributed by atoms with Crippen LogP contribution < -0.4 is 0 Å². The number of rotatable bonds is 3. The first-order valence-electron chi connectivity index (χ1n) is 9.26. The van der Waals surface area contributed by atoms with Crippen LogP contribution in [0.2, 0.25) is 0 Å². The van der Waals surface area contributed by atoms with Gasteiger partial charge in [0.05, 0.1) is 11.5 Å². The van der Waals surface area contributed by atoms with Crippen molar-refractivity contribution in [3.8, 4) is 11.8 Å². The minimum atomic E-state index is -0.321. The Bertz CT molecular complexity index is 924. The molecule has 0 aliphatic carbocycles. The number of aryl methyl sites for hydroxylation is 1. The molecule has 0 bridgehead atoms. The molecule has 5 heteroatoms. The number of benzene rings is 1. The van der Waals surface area contributed by atoms with Crippen LogP contribution in [0.25, 0.3) is 5.69 Å². The lowest BCUT2D eigenvalue weighted by Gasteiger charge is -2.35. The molecule has 1 fully saturated rings. The quantitative estimate of drug-likeness (QED) is 0.772. The molecular weight excluding hydrogens is 338 g/mol. The van der Waals surface area contributed by atoms with Gasteiger partial charge in [-0.05, 0) is 70.9 Å². The first-order chi connectivity index (χ1) is 12.8. The van der Waals surface area contributed by atoms with E-state index in [2.05, 4.69) is 6.07 Å². The Kier molecular flexibility index (Phi) is 4.93. The summed E-state index contributed by atoms with van der Waals surface area (Å²) in [5, 5.41) is 9.23. The fourth-order valence-corrected chi connectivity index (χ4v) is 3.77. The van der Waals surface area contributed by atoms with Gasteiger partial charge >= 0.3 is 0 Å². The van der Waals surface area contributed by atoms with E-state index >= 15 is 0 Å². The second-order valence-corrected chi connectivity index (χ2v) is 7.69. The summed E-state index contributed by atoms with van der Waals surface area (Å²) in [5.74, 6) is 0.0579. The predicted octanol–water partition coefficient (Wildman–Crippen LogP) is 4.06. The highest BCUT2D eigenvalue weighted by atomic mass is 16.2. The molecule has 27 heavy (non-hydrogen) atoms. The molecular formula is C22H25N3O2. The Hall–Kier alpha value is -2.87. The Morgan fingerprint density at radius 2 is 1.70 bits per heavy atom. The van der Waals surface area contributed by atoms with Crippen LogP contribution in [0.3, 0.4) is 0 Å². The van der Waals surface area contributed by atoms with Gasteiger partial charge in [0.1, 0.15) is 0 Å². The highest BCUT2D eigenvalue weighted by molar-refractivity contribution is 5.96. The van der Waals surface area contributed by atoms with Gasteiger partial charge in [-0.2, -0.15) is 5.26 Å². The number of Topliss-reactive ketones (excluding diaryl/α,β-unsaturated/α-hetero) is 1. The molecule has 0 N–H and O–H groups in total. The van der Waals surface area contributed by atoms with Crippen molar-refractivity contribution in [3.05, 3.63) is 52.8 Å². The van der Waals surface area contributed by atoms with Gasteiger partial charge in [0.2, 0.25) is 0 Å². The molecule has 1 aliphatic rings. The number of ketones is 1. The standard InChI is InChI=1S/C22H25N3O2/c1-15-13-20(17(3)26)16(2)25(15)19-7-5-18(6-8-19)21(27)24-11-9-22(4,14-23)10-12-24/h5-8,13H,9-12H2,1-4H3. The number of nitriles is 1. The van der Waals surface area contributed by atoms with Crippen LogP contribution in [0, 0.1) is 30.6 Å². The van der Waals surface area contributed by atoms with E-state index in [-0.39, 0.29) is 17.1 Å². The first kappa shape index (κ1) is 18.9. The maximum atomic E-state index is 12.8. The van der Waals surface area contributed by atoms with E-state index in [4.69, 9.17) is 0 Å². The van der Waals surface area contributed by atoms with Crippen molar-refractivity contribution in [3.63, 3.8) is 0 Å². The van der Waals surface area contributed by atoms with E-state index in [9.17, 15) is 14.9 Å². The van der Waals surface area contributed by atoms with E-state index in [0.29, 0.717) is 31.5 Å². The lowest BCUT2D eigenvalue weighted by Crippen LogP contribution is -2.41. The number of carbonyl (C=O) groups is 2. The summed E-state index contributed by atoms with van der Waals surface area (Å²) in [6.45, 7) is 8.66. The van der Waals surface area contributed by atoms with Crippen molar-refractivity contribution in [2.45, 2.75) is 40.5 Å². The number of nitrogens with zero attached hydrogens (tertiary/aromatic N) is 3. The third-order valence-electron chi connectivity index (χ3n) is 5.61. The fourth-order valence-electron chi connectivity index (χ4n) is 3.77. The molecule has 0 spiro atoms. The van der Waals surface area contributed by atoms with E-state index in [1.165, 1.54) is 0 Å². The third-order valence-corrected chi connectivity index (χ3v) is 5.61. The lowest BCUT2D eigenvalue weighted by molar-refractivity contribution is 0.0661. The van der Waals surface area contributed by atoms with Crippen molar-refractivity contribution < 1.29 is 9.59 Å². The predicted molar refractivity (Wildman–Crippen MR) is 104 cm³/mol. The van der Waals surface area contributed by atoms with Crippen molar-refractivity contribution in [1.82, 2.24) is 9.47 Å². The second-order valence-electron chi connectivity index (χ2n) is 7.69. The molecule has 1 aliphatic heterocycles. The van der Waals surface area contributed by atoms with Gasteiger partial charge in [-0.25, -0.2) is 0 Å². The number of piperidine rings is 1. The Morgan fingerprint density at radius 1 is 1.11 bits per heavy atom. The van der Waals surface area contributed by atoms with Crippen LogP contribution in [0.1, 0.15) is 58.8 Å². The number of amides is 1. The molecule has 0 radical (unpaired) electrons. The van der Waals surface area contributed by atoms with Crippen LogP contribution in [-0.2, 0) is 0 Å². The number of likely N-dealkylation sites (tertiary alicyclic amines) is 1. The van der Waals surface area contributed by atoms with E-state index < -0.39 is 0 Å². The molecule has 0 unspecified atom stereocenters. The zero-order valence-corrected chi connectivity index (χ0v) is 16.4. The molecule has 1 aromatic heterocycles. The summed E-state index contributed by atoms with van der Waals surface area (Å²) >= 11 is 0. The van der Waals surface area contributed by atoms with E-state index in [1.807, 2.05) is 60.6 Å². The van der Waals surface area contributed by atoms with Crippen LogP contribution in [0.5, 0.6) is 0 Å². The van der Waals surface area contributed by atoms with Gasteiger partial charge in [-0.3, -0.25) is 9.59 Å². The van der Waals surface area contributed by atoms with Crippen LogP contribution in [0.15, 0.2) is 30.3 Å². The SMILES string of the molecule is CC(=O)c1cc(C)n(-c2ccc(C(=O)N3CCC(C)(C#N)CC3)cc2)c1C. The van der Waals surface area contributed by atoms with Gasteiger partial charge in [0.15, 0.2) is 5.78 Å². The summed E-state index contributed by atoms with van der Waals surface area (Å²) in [6, 6.07) is 11.8. The molecule has 5 nitrogen and oxygen atoms in total. The molecule has 2 aromatic rings. The van der Waals surface area contributed by atoms with Gasteiger partial charge < -0.3 is 9.47 Å². The normalized spacial score (nSPS) is 16.0. The third kappa shape index (κ3) is 3.52. The molecule has 2 heterocycles. The summed E-state index contributed by atoms with van der Waals surface area (Å²) in [6.07, 6.45) is 1.42. The van der Waals surface area contributed by atoms with E-state index in [1.54, 1.807) is 6.92 Å². The van der Waals surface area contributed by atoms with E-state index in [0.717, 1.165) is 22.6 Å². The average molecular weight is 363 g/mol. The van der Waals surface area contributed by atoms with Crippen LogP contribution >= 0.6 is 0 Å². The Morgan fingerprint density at radius 3 is 2.19 bits per heavy atom. The van der Waals surface area contributed by atoms with Crippen molar-refractivity contribution >= 4 is 11.7 Å². The highest BCUT2D eigenvalue weighted by Gasteiger charge is 2.32. The molecule has 1 saturated heterocycles. The number of hydrogen-bond donors (Lipinski definition) is 0. The second kappa shape index (κ2) is 7.03. The number of hydrogen-bond acceptors (Lipinski definition) is 3. The smallest absolute Gasteiger partial charge is 0.253 e. The Labute approximate surface area is 160 Å². The first-order valence-corrected chi connectivity index (χ1v) is 9.26. The molecule has 140 valence electrons. The zero-order valence-electron chi connectivity index (χ0n) is 16.4. The van der Waals surface area contributed by atoms with Gasteiger partial charge in [-0.1, -0.05) is 0 Å². The number of aromatic nitrogens is 1. The highest BCUT2D eigenvalue weighted by Crippen LogP contribution is 2.30. The maximum Gasteiger partial charge on any atom is 0.253 e. The summed E-state index contributed by atoms with van der Waals surface area (Å²) in [5.41, 5.74) is 3.88. The van der Waals surface area contributed by atoms with Crippen molar-refractivity contribution in [2.24, 2.45) is 5.41 Å². The summed E-state index contributed by atoms with van der Waals surface area (Å²) in [7, 11) is 0. The van der Waals surface area contributed by atoms with Crippen molar-refractivity contribution in [2.75, 3.05) is 13.1 Å². The molecule has 3 rings (SSSR count). The van der Waals surface area contributed by atoms with Gasteiger partial charge in [0.25, 0.3) is 5.91 Å². The summed E-state index contributed by atoms with van der Waals surface area (Å²) < 4.78 is 2.03. The maximum absolute atomic E-state index is 12.8. The average Bonchev–Trinajstić information content (AvgIpc) is 2.96. The molecule has 0 saturated carbocycles. The van der Waals surface area contributed by atoms with Crippen molar-refractivity contribution in [1.29, 1.82) is 5.26 Å². The Balaban J connectivity index is 1.80. The fraction of sp³-hybridized carbons (Fsp3) is 0.409. The lowest BCUT2D eigenvalue weighted by atomic mass is 9.82. The monoisotopic (exact) mass is 363 g/mol. The topological polar surface area (TPSA) is 66.1 Å². The van der Waals surface area contributed by atoms with Gasteiger partial charge in [0, 0.05) is 41.3 Å². The largest absolute Gasteiger partial charge is 0.339 e. The minimum Gasteiger partial charge on any atom is -0.339 e. The molecule has 1 amide bonds. The minimum absolute atomic E-state index is 0.00640. The molecule has 1 aromatic carbocycles. The number of carbonyl (C=O) groups excluding carboxylic acids is 2. The zero-order chi connectivity index (χ0) is 19.8. The van der Waals surface area contributed by atoms with Gasteiger partial charge in [-0.15, -0.1) is 0 Å². The van der Waals surface area contributed by atoms with Crippen LogP contribution in [0.4, 0.5) is 0 Å². The molecule has 0 atom stereocenters. The summed E-state index contributed by atoms with van der Waals surface area (Å²) in [4.78, 5) is 26.4.